The summed E-state index contributed by atoms with van der Waals surface area (Å²) in [4.78, 5) is 3.88. The number of nitrogen functional groups attached to an aromatic ring is 1. The Balaban J connectivity index is 2.95. The molecule has 0 atom stereocenters. The number of rotatable bonds is 1. The maximum absolute atomic E-state index is 5.80. The lowest BCUT2D eigenvalue weighted by atomic mass is 10.2. The molecule has 0 aromatic carbocycles. The summed E-state index contributed by atoms with van der Waals surface area (Å²) in [5.41, 5.74) is 6.82. The molecule has 13 heavy (non-hydrogen) atoms. The van der Waals surface area contributed by atoms with Crippen LogP contribution >= 0.6 is 24.2 Å². The fourth-order valence-corrected chi connectivity index (χ4v) is 1.11. The highest BCUT2D eigenvalue weighted by atomic mass is 35.5. The Bertz CT molecular complexity index is 334. The van der Waals surface area contributed by atoms with Gasteiger partial charge in [0.15, 0.2) is 0 Å². The summed E-state index contributed by atoms with van der Waals surface area (Å²) in [7, 11) is 0. The van der Waals surface area contributed by atoms with Crippen molar-refractivity contribution >= 4 is 29.9 Å². The summed E-state index contributed by atoms with van der Waals surface area (Å²) >= 11 is 9.83. The lowest BCUT2D eigenvalue weighted by molar-refractivity contribution is 1.30. The molecule has 0 bridgehead atoms. The molecule has 68 valence electrons. The van der Waals surface area contributed by atoms with E-state index in [1.165, 1.54) is 0 Å². The summed E-state index contributed by atoms with van der Waals surface area (Å²) in [6.07, 6.45) is 2.27. The standard InChI is InChI=1S/C9H9ClN2S/c10-9-7(3-1-2-6-13)8(11)4-5-12-9/h4-5,13H,2,6H2,(H2,11,12). The van der Waals surface area contributed by atoms with Crippen molar-refractivity contribution in [1.29, 1.82) is 0 Å². The van der Waals surface area contributed by atoms with Crippen molar-refractivity contribution < 1.29 is 0 Å². The first-order valence-electron chi connectivity index (χ1n) is 3.75. The van der Waals surface area contributed by atoms with Crippen LogP contribution in [0, 0.1) is 11.8 Å². The number of thiol groups is 1. The molecule has 4 heteroatoms. The third kappa shape index (κ3) is 2.83. The van der Waals surface area contributed by atoms with Gasteiger partial charge in [0.05, 0.1) is 11.3 Å². The molecule has 1 heterocycles. The van der Waals surface area contributed by atoms with Gasteiger partial charge in [0.25, 0.3) is 0 Å². The van der Waals surface area contributed by atoms with E-state index in [1.54, 1.807) is 12.3 Å². The first-order valence-corrected chi connectivity index (χ1v) is 4.76. The van der Waals surface area contributed by atoms with Crippen LogP contribution in [0.15, 0.2) is 12.3 Å². The summed E-state index contributed by atoms with van der Waals surface area (Å²) in [6.45, 7) is 0. The van der Waals surface area contributed by atoms with E-state index in [2.05, 4.69) is 29.5 Å². The normalized spacial score (nSPS) is 9.08. The molecule has 0 unspecified atom stereocenters. The van der Waals surface area contributed by atoms with E-state index in [0.29, 0.717) is 22.8 Å². The zero-order valence-corrected chi connectivity index (χ0v) is 8.57. The molecule has 1 aromatic heterocycles. The second kappa shape index (κ2) is 5.00. The van der Waals surface area contributed by atoms with Gasteiger partial charge in [0.1, 0.15) is 5.15 Å². The first kappa shape index (κ1) is 10.2. The van der Waals surface area contributed by atoms with Gasteiger partial charge in [-0.1, -0.05) is 23.4 Å². The zero-order chi connectivity index (χ0) is 9.68. The van der Waals surface area contributed by atoms with E-state index in [9.17, 15) is 0 Å². The number of halogens is 1. The van der Waals surface area contributed by atoms with Crippen LogP contribution in [0.5, 0.6) is 0 Å². The van der Waals surface area contributed by atoms with Crippen molar-refractivity contribution in [2.75, 3.05) is 11.5 Å². The molecule has 0 aliphatic carbocycles. The van der Waals surface area contributed by atoms with Crippen molar-refractivity contribution in [3.63, 3.8) is 0 Å². The molecule has 0 radical (unpaired) electrons. The predicted octanol–water partition coefficient (Wildman–Crippen LogP) is 1.99. The van der Waals surface area contributed by atoms with Crippen LogP contribution in [0.3, 0.4) is 0 Å². The smallest absolute Gasteiger partial charge is 0.146 e. The van der Waals surface area contributed by atoms with E-state index in [1.807, 2.05) is 0 Å². The number of hydrogen-bond donors (Lipinski definition) is 2. The zero-order valence-electron chi connectivity index (χ0n) is 6.92. The van der Waals surface area contributed by atoms with Crippen molar-refractivity contribution in [3.8, 4) is 11.8 Å². The summed E-state index contributed by atoms with van der Waals surface area (Å²) < 4.78 is 0. The van der Waals surface area contributed by atoms with Crippen LogP contribution < -0.4 is 5.73 Å². The van der Waals surface area contributed by atoms with Crippen LogP contribution in [0.2, 0.25) is 5.15 Å². The molecule has 0 spiro atoms. The Morgan fingerprint density at radius 1 is 1.62 bits per heavy atom. The maximum atomic E-state index is 5.80. The first-order chi connectivity index (χ1) is 6.25. The van der Waals surface area contributed by atoms with Crippen molar-refractivity contribution in [1.82, 2.24) is 4.98 Å². The van der Waals surface area contributed by atoms with Gasteiger partial charge in [-0.05, 0) is 6.07 Å². The quantitative estimate of drug-likeness (QED) is 0.425. The predicted molar refractivity (Wildman–Crippen MR) is 59.0 cm³/mol. The number of pyridine rings is 1. The van der Waals surface area contributed by atoms with Crippen molar-refractivity contribution in [2.24, 2.45) is 0 Å². The maximum Gasteiger partial charge on any atom is 0.146 e. The van der Waals surface area contributed by atoms with Gasteiger partial charge >= 0.3 is 0 Å². The molecule has 0 fully saturated rings. The average Bonchev–Trinajstić information content (AvgIpc) is 2.10. The van der Waals surface area contributed by atoms with E-state index >= 15 is 0 Å². The molecule has 1 aromatic rings. The van der Waals surface area contributed by atoms with Crippen molar-refractivity contribution in [3.05, 3.63) is 23.0 Å². The van der Waals surface area contributed by atoms with Gasteiger partial charge in [-0.25, -0.2) is 4.98 Å². The molecular weight excluding hydrogens is 204 g/mol. The minimum atomic E-state index is 0.353. The van der Waals surface area contributed by atoms with E-state index in [4.69, 9.17) is 17.3 Å². The third-order valence-electron chi connectivity index (χ3n) is 1.39. The lowest BCUT2D eigenvalue weighted by Crippen LogP contribution is -1.92. The molecule has 0 saturated carbocycles. The minimum Gasteiger partial charge on any atom is -0.398 e. The highest BCUT2D eigenvalue weighted by Crippen LogP contribution is 2.17. The van der Waals surface area contributed by atoms with Crippen LogP contribution in [0.25, 0.3) is 0 Å². The fraction of sp³-hybridized carbons (Fsp3) is 0.222. The van der Waals surface area contributed by atoms with Gasteiger partial charge in [0.2, 0.25) is 0 Å². The van der Waals surface area contributed by atoms with E-state index in [-0.39, 0.29) is 0 Å². The van der Waals surface area contributed by atoms with Crippen molar-refractivity contribution in [2.45, 2.75) is 6.42 Å². The molecule has 2 nitrogen and oxygen atoms in total. The van der Waals surface area contributed by atoms with Gasteiger partial charge < -0.3 is 5.73 Å². The van der Waals surface area contributed by atoms with Gasteiger partial charge in [0, 0.05) is 18.4 Å². The molecule has 0 aliphatic heterocycles. The minimum absolute atomic E-state index is 0.353. The highest BCUT2D eigenvalue weighted by molar-refractivity contribution is 7.80. The van der Waals surface area contributed by atoms with Gasteiger partial charge in [-0.15, -0.1) is 0 Å². The SMILES string of the molecule is Nc1ccnc(Cl)c1C#CCCS. The number of anilines is 1. The highest BCUT2D eigenvalue weighted by Gasteiger charge is 2.00. The molecule has 0 amide bonds. The molecule has 2 N–H and O–H groups in total. The largest absolute Gasteiger partial charge is 0.398 e. The molecule has 1 rings (SSSR count). The number of aromatic nitrogens is 1. The topological polar surface area (TPSA) is 38.9 Å². The van der Waals surface area contributed by atoms with Crippen LogP contribution in [-0.2, 0) is 0 Å². The Labute approximate surface area is 87.9 Å². The van der Waals surface area contributed by atoms with E-state index < -0.39 is 0 Å². The monoisotopic (exact) mass is 212 g/mol. The van der Waals surface area contributed by atoms with Crippen LogP contribution in [0.4, 0.5) is 5.69 Å². The molecular formula is C9H9ClN2S. The summed E-state index contributed by atoms with van der Waals surface area (Å²) in [5, 5.41) is 0.353. The lowest BCUT2D eigenvalue weighted by Gasteiger charge is -1.97. The number of nitrogens with zero attached hydrogens (tertiary/aromatic N) is 1. The molecule has 0 aliphatic rings. The van der Waals surface area contributed by atoms with Crippen LogP contribution in [0.1, 0.15) is 12.0 Å². The average molecular weight is 213 g/mol. The summed E-state index contributed by atoms with van der Waals surface area (Å²) in [6, 6.07) is 1.68. The number of nitrogens with two attached hydrogens (primary N) is 1. The Kier molecular flexibility index (Phi) is 3.94. The third-order valence-corrected chi connectivity index (χ3v) is 1.90. The Hall–Kier alpha value is -0.850. The van der Waals surface area contributed by atoms with Crippen LogP contribution in [-0.4, -0.2) is 10.7 Å². The second-order valence-corrected chi connectivity index (χ2v) is 3.15. The van der Waals surface area contributed by atoms with E-state index in [0.717, 1.165) is 5.75 Å². The van der Waals surface area contributed by atoms with Gasteiger partial charge in [-0.3, -0.25) is 0 Å². The Morgan fingerprint density at radius 2 is 2.38 bits per heavy atom. The second-order valence-electron chi connectivity index (χ2n) is 2.34. The summed E-state index contributed by atoms with van der Waals surface area (Å²) in [5.74, 6) is 6.49. The van der Waals surface area contributed by atoms with Gasteiger partial charge in [-0.2, -0.15) is 12.6 Å². The Morgan fingerprint density at radius 3 is 3.00 bits per heavy atom. The molecule has 0 saturated heterocycles. The fourth-order valence-electron chi connectivity index (χ4n) is 0.781. The number of hydrogen-bond acceptors (Lipinski definition) is 3.